The molecule has 10 nitrogen and oxygen atoms in total. The monoisotopic (exact) mass is 535 g/mol. The number of aromatic amines is 1. The summed E-state index contributed by atoms with van der Waals surface area (Å²) in [6.07, 6.45) is 7.07. The molecule has 3 aromatic heterocycles. The number of ether oxygens (including phenoxy) is 1. The zero-order valence-electron chi connectivity index (χ0n) is 21.3. The predicted molar refractivity (Wildman–Crippen MR) is 143 cm³/mol. The van der Waals surface area contributed by atoms with E-state index in [0.29, 0.717) is 28.9 Å². The van der Waals surface area contributed by atoms with Crippen molar-refractivity contribution in [2.75, 3.05) is 24.7 Å². The van der Waals surface area contributed by atoms with Crippen LogP contribution in [0.4, 0.5) is 5.95 Å². The fourth-order valence-electron chi connectivity index (χ4n) is 6.05. The molecule has 11 heteroatoms. The number of nitrogens with one attached hydrogen (secondary N) is 1. The molecule has 3 aliphatic rings. The van der Waals surface area contributed by atoms with Crippen LogP contribution in [0.1, 0.15) is 45.4 Å². The van der Waals surface area contributed by atoms with E-state index in [1.54, 1.807) is 0 Å². The van der Waals surface area contributed by atoms with Crippen molar-refractivity contribution in [2.24, 2.45) is 11.8 Å². The number of aromatic nitrogens is 6. The van der Waals surface area contributed by atoms with E-state index < -0.39 is 5.76 Å². The zero-order valence-corrected chi connectivity index (χ0v) is 22.1. The highest BCUT2D eigenvalue weighted by Gasteiger charge is 2.51. The van der Waals surface area contributed by atoms with E-state index in [4.69, 9.17) is 35.8 Å². The van der Waals surface area contributed by atoms with Gasteiger partial charge in [-0.2, -0.15) is 4.98 Å². The van der Waals surface area contributed by atoms with Gasteiger partial charge < -0.3 is 14.2 Å². The number of benzene rings is 1. The third-order valence-corrected chi connectivity index (χ3v) is 8.62. The average Bonchev–Trinajstić information content (AvgIpc) is 3.38. The van der Waals surface area contributed by atoms with Gasteiger partial charge in [0.1, 0.15) is 11.2 Å². The van der Waals surface area contributed by atoms with E-state index in [2.05, 4.69) is 26.5 Å². The lowest BCUT2D eigenvalue weighted by Crippen LogP contribution is -2.49. The summed E-state index contributed by atoms with van der Waals surface area (Å²) in [5.74, 6) is 2.01. The third-order valence-electron chi connectivity index (χ3n) is 8.38. The van der Waals surface area contributed by atoms with Crippen LogP contribution in [0.25, 0.3) is 34.1 Å². The van der Waals surface area contributed by atoms with Crippen molar-refractivity contribution in [3.8, 4) is 22.9 Å². The summed E-state index contributed by atoms with van der Waals surface area (Å²) in [5, 5.41) is 4.46. The van der Waals surface area contributed by atoms with Crippen molar-refractivity contribution in [1.82, 2.24) is 29.7 Å². The largest absolute Gasteiger partial charge is 0.439 e. The maximum atomic E-state index is 11.7. The first kappa shape index (κ1) is 23.8. The van der Waals surface area contributed by atoms with E-state index in [1.165, 1.54) is 25.7 Å². The van der Waals surface area contributed by atoms with Gasteiger partial charge in [-0.3, -0.25) is 9.51 Å². The van der Waals surface area contributed by atoms with Crippen LogP contribution < -0.4 is 10.7 Å². The molecular formula is C27H30ClN7O3. The topological polar surface area (TPSA) is 115 Å². The van der Waals surface area contributed by atoms with Crippen LogP contribution in [0.15, 0.2) is 33.6 Å². The minimum Gasteiger partial charge on any atom is -0.377 e. The Morgan fingerprint density at radius 1 is 1.16 bits per heavy atom. The van der Waals surface area contributed by atoms with Gasteiger partial charge >= 0.3 is 5.76 Å². The highest BCUT2D eigenvalue weighted by atomic mass is 35.5. The summed E-state index contributed by atoms with van der Waals surface area (Å²) in [7, 11) is 0. The molecule has 0 unspecified atom stereocenters. The molecule has 2 saturated carbocycles. The molecule has 4 heterocycles. The van der Waals surface area contributed by atoms with E-state index in [0.717, 1.165) is 55.5 Å². The highest BCUT2D eigenvalue weighted by Crippen LogP contribution is 2.47. The number of rotatable bonds is 5. The molecule has 2 aliphatic carbocycles. The van der Waals surface area contributed by atoms with Crippen molar-refractivity contribution < 1.29 is 9.26 Å². The number of morpholine rings is 1. The molecule has 0 bridgehead atoms. The van der Waals surface area contributed by atoms with Crippen molar-refractivity contribution in [1.29, 1.82) is 0 Å². The van der Waals surface area contributed by atoms with E-state index in [9.17, 15) is 4.79 Å². The highest BCUT2D eigenvalue weighted by molar-refractivity contribution is 6.30. The number of anilines is 1. The van der Waals surface area contributed by atoms with Crippen molar-refractivity contribution in [3.63, 3.8) is 0 Å². The molecule has 1 aromatic carbocycles. The molecule has 1 N–H and O–H groups in total. The first-order valence-corrected chi connectivity index (χ1v) is 13.8. The first-order valence-electron chi connectivity index (χ1n) is 13.4. The van der Waals surface area contributed by atoms with E-state index in [-0.39, 0.29) is 17.2 Å². The maximum absolute atomic E-state index is 11.7. The molecule has 38 heavy (non-hydrogen) atoms. The third kappa shape index (κ3) is 4.19. The van der Waals surface area contributed by atoms with Crippen LogP contribution in [0.2, 0.25) is 5.02 Å². The second-order valence-electron chi connectivity index (χ2n) is 11.1. The van der Waals surface area contributed by atoms with Crippen molar-refractivity contribution in [3.05, 3.63) is 39.8 Å². The first-order chi connectivity index (χ1) is 18.5. The Labute approximate surface area is 224 Å². The molecule has 1 aliphatic heterocycles. The van der Waals surface area contributed by atoms with E-state index in [1.807, 2.05) is 24.3 Å². The molecule has 1 spiro atoms. The average molecular weight is 536 g/mol. The smallest absolute Gasteiger partial charge is 0.377 e. The molecule has 1 saturated heterocycles. The zero-order chi connectivity index (χ0) is 25.9. The molecule has 0 radical (unpaired) electrons. The molecule has 7 rings (SSSR count). The van der Waals surface area contributed by atoms with Crippen LogP contribution in [0.3, 0.4) is 0 Å². The van der Waals surface area contributed by atoms with Gasteiger partial charge in [0.25, 0.3) is 0 Å². The van der Waals surface area contributed by atoms with Gasteiger partial charge in [-0.25, -0.2) is 14.8 Å². The van der Waals surface area contributed by atoms with Crippen LogP contribution in [-0.4, -0.2) is 55.0 Å². The van der Waals surface area contributed by atoms with Gasteiger partial charge in [0.2, 0.25) is 17.6 Å². The molecule has 0 amide bonds. The molecule has 0 atom stereocenters. The van der Waals surface area contributed by atoms with Gasteiger partial charge in [-0.15, -0.1) is 0 Å². The van der Waals surface area contributed by atoms with Crippen molar-refractivity contribution >= 4 is 28.7 Å². The Morgan fingerprint density at radius 3 is 2.74 bits per heavy atom. The van der Waals surface area contributed by atoms with Crippen LogP contribution in [0, 0.1) is 11.8 Å². The number of halogens is 1. The summed E-state index contributed by atoms with van der Waals surface area (Å²) in [4.78, 5) is 31.6. The van der Waals surface area contributed by atoms with Gasteiger partial charge in [-0.05, 0) is 49.7 Å². The summed E-state index contributed by atoms with van der Waals surface area (Å²) in [6.45, 7) is 5.37. The lowest BCUT2D eigenvalue weighted by Gasteiger charge is -2.37. The van der Waals surface area contributed by atoms with Crippen LogP contribution >= 0.6 is 11.6 Å². The predicted octanol–water partition coefficient (Wildman–Crippen LogP) is 4.69. The molecule has 198 valence electrons. The summed E-state index contributed by atoms with van der Waals surface area (Å²) in [6, 6.07) is 7.64. The standard InChI is InChI=1S/C27H30ClN7O3/c1-16-5-7-17(8-6-16)14-34-21-20(18-3-2-4-19(28)13-18)29-23(24-32-26(36)38-33-24)30-22(21)31-25(34)35-11-12-37-15-27(35)9-10-27/h2-4,13,16-17H,5-12,14-15H2,1H3,(H,32,33,36). The summed E-state index contributed by atoms with van der Waals surface area (Å²) in [5.41, 5.74) is 3.00. The molecule has 3 fully saturated rings. The lowest BCUT2D eigenvalue weighted by molar-refractivity contribution is 0.0850. The summed E-state index contributed by atoms with van der Waals surface area (Å²) >= 11 is 6.42. The number of nitrogens with zero attached hydrogens (tertiary/aromatic N) is 6. The van der Waals surface area contributed by atoms with Gasteiger partial charge in [0.15, 0.2) is 5.65 Å². The Hall–Kier alpha value is -3.24. The molecule has 4 aromatic rings. The number of hydrogen-bond donors (Lipinski definition) is 1. The Balaban J connectivity index is 1.45. The minimum atomic E-state index is -0.658. The number of imidazole rings is 1. The van der Waals surface area contributed by atoms with Crippen LogP contribution in [0.5, 0.6) is 0 Å². The van der Waals surface area contributed by atoms with Crippen LogP contribution in [-0.2, 0) is 11.3 Å². The normalized spacial score (nSPS) is 22.8. The number of hydrogen-bond acceptors (Lipinski definition) is 8. The van der Waals surface area contributed by atoms with Gasteiger partial charge in [0, 0.05) is 23.7 Å². The van der Waals surface area contributed by atoms with Crippen molar-refractivity contribution in [2.45, 2.75) is 57.5 Å². The van der Waals surface area contributed by atoms with E-state index >= 15 is 0 Å². The Kier molecular flexibility index (Phi) is 5.77. The fourth-order valence-corrected chi connectivity index (χ4v) is 6.24. The Morgan fingerprint density at radius 2 is 2.00 bits per heavy atom. The number of fused-ring (bicyclic) bond motifs is 1. The lowest BCUT2D eigenvalue weighted by atomic mass is 9.83. The summed E-state index contributed by atoms with van der Waals surface area (Å²) < 4.78 is 13.0. The molecular weight excluding hydrogens is 506 g/mol. The fraction of sp³-hybridized carbons (Fsp3) is 0.519. The Bertz CT molecular complexity index is 1550. The van der Waals surface area contributed by atoms with Gasteiger partial charge in [-0.1, -0.05) is 48.7 Å². The maximum Gasteiger partial charge on any atom is 0.439 e. The quantitative estimate of drug-likeness (QED) is 0.391. The second kappa shape index (κ2) is 9.20. The SMILES string of the molecule is CC1CCC(Cn2c(N3CCOCC34CC4)nc3nc(-c4noc(=O)[nH]4)nc(-c4cccc(Cl)c4)c32)CC1. The number of H-pyrrole nitrogens is 1. The second-order valence-corrected chi connectivity index (χ2v) is 11.5. The van der Waals surface area contributed by atoms with Gasteiger partial charge in [0.05, 0.1) is 18.8 Å². The minimum absolute atomic E-state index is 0.00226.